The molecule has 0 unspecified atom stereocenters. The fraction of sp³-hybridized carbons (Fsp3) is 0.231. The Labute approximate surface area is 241 Å². The summed E-state index contributed by atoms with van der Waals surface area (Å²) in [6, 6.07) is 13.6. The van der Waals surface area contributed by atoms with Crippen molar-refractivity contribution in [3.63, 3.8) is 0 Å². The molecule has 1 aliphatic rings. The summed E-state index contributed by atoms with van der Waals surface area (Å²) < 4.78 is 39.4. The zero-order valence-electron chi connectivity index (χ0n) is 22.1. The summed E-state index contributed by atoms with van der Waals surface area (Å²) in [6.45, 7) is 2.75. The van der Waals surface area contributed by atoms with E-state index in [0.717, 1.165) is 30.7 Å². The van der Waals surface area contributed by atoms with Crippen molar-refractivity contribution in [3.05, 3.63) is 95.4 Å². The number of carbonyl (C=O) groups excluding carboxylic acids is 1. The van der Waals surface area contributed by atoms with Gasteiger partial charge in [0.15, 0.2) is 12.3 Å². The van der Waals surface area contributed by atoms with E-state index in [1.54, 1.807) is 12.4 Å². The molecule has 13 nitrogen and oxygen atoms in total. The minimum Gasteiger partial charge on any atom is -0.484 e. The Morgan fingerprint density at radius 2 is 1.93 bits per heavy atom. The van der Waals surface area contributed by atoms with Gasteiger partial charge in [-0.15, -0.1) is 9.93 Å². The zero-order valence-corrected chi connectivity index (χ0v) is 23.7. The predicted octanol–water partition coefficient (Wildman–Crippen LogP) is 3.64. The van der Waals surface area contributed by atoms with Gasteiger partial charge < -0.3 is 19.9 Å². The summed E-state index contributed by atoms with van der Waals surface area (Å²) in [5.41, 5.74) is 4.47. The maximum absolute atomic E-state index is 12.6. The molecule has 0 saturated heterocycles. The van der Waals surface area contributed by atoms with Gasteiger partial charge in [0.05, 0.1) is 11.1 Å². The van der Waals surface area contributed by atoms with Crippen LogP contribution in [0, 0.1) is 0 Å². The highest BCUT2D eigenvalue weighted by Crippen LogP contribution is 2.23. The summed E-state index contributed by atoms with van der Waals surface area (Å²) in [4.78, 5) is 20.2. The molecule has 0 spiro atoms. The minimum absolute atomic E-state index is 0.0412. The lowest BCUT2D eigenvalue weighted by Gasteiger charge is -2.16. The molecule has 214 valence electrons. The Balaban J connectivity index is 1.06. The van der Waals surface area contributed by atoms with Gasteiger partial charge in [0.1, 0.15) is 12.0 Å². The number of hydrogen-bond acceptors (Lipinski definition) is 11. The number of anilines is 1. The zero-order chi connectivity index (χ0) is 28.7. The average molecular weight is 597 g/mol. The molecule has 0 aliphatic carbocycles. The molecule has 2 aromatic heterocycles. The molecule has 0 fully saturated rings. The second-order valence-corrected chi connectivity index (χ2v) is 11.9. The van der Waals surface area contributed by atoms with E-state index in [0.29, 0.717) is 11.4 Å². The third-order valence-electron chi connectivity index (χ3n) is 5.89. The highest BCUT2D eigenvalue weighted by atomic mass is 32.2. The van der Waals surface area contributed by atoms with E-state index in [2.05, 4.69) is 30.9 Å². The molecule has 0 atom stereocenters. The summed E-state index contributed by atoms with van der Waals surface area (Å²) in [5, 5.41) is 10.4. The number of aromatic nitrogens is 4. The number of hydrogen-bond donors (Lipinski definition) is 3. The van der Waals surface area contributed by atoms with Gasteiger partial charge in [0.2, 0.25) is 5.89 Å². The van der Waals surface area contributed by atoms with Crippen molar-refractivity contribution < 1.29 is 22.4 Å². The van der Waals surface area contributed by atoms with Crippen LogP contribution in [0.25, 0.3) is 0 Å². The number of aryl methyl sites for hydroxylation is 2. The molecule has 5 rings (SSSR count). The highest BCUT2D eigenvalue weighted by molar-refractivity contribution is 8.01. The highest BCUT2D eigenvalue weighted by Gasteiger charge is 2.21. The standard InChI is InChI=1S/C26H28N8O5S2/c1-19-16-28-34(40-19)32-41(36,37)23-11-7-21(8-12-23)29-26(35)24-17-39-25(30-24)18-38-22-9-5-20(6-10-22)4-2-3-14-33-15-13-27-31-33/h5-13,15-17,28,32H,2-4,14,18H2,1H3,(H,29,35). The first-order valence-electron chi connectivity index (χ1n) is 12.7. The second-order valence-electron chi connectivity index (χ2n) is 9.03. The second kappa shape index (κ2) is 13.0. The molecule has 2 aromatic carbocycles. The number of sulfonamides is 1. The number of nitrogens with zero attached hydrogens (tertiary/aromatic N) is 5. The molecule has 3 N–H and O–H groups in total. The topological polar surface area (TPSA) is 157 Å². The van der Waals surface area contributed by atoms with E-state index in [1.165, 1.54) is 52.6 Å². The average Bonchev–Trinajstić information content (AvgIpc) is 3.74. The van der Waals surface area contributed by atoms with E-state index >= 15 is 0 Å². The van der Waals surface area contributed by atoms with Gasteiger partial charge >= 0.3 is 0 Å². The number of amides is 1. The van der Waals surface area contributed by atoms with Crippen molar-refractivity contribution in [2.75, 3.05) is 5.32 Å². The molecule has 41 heavy (non-hydrogen) atoms. The largest absolute Gasteiger partial charge is 0.484 e. The van der Waals surface area contributed by atoms with Crippen molar-refractivity contribution in [1.29, 1.82) is 0 Å². The van der Waals surface area contributed by atoms with E-state index in [4.69, 9.17) is 9.15 Å². The quantitative estimate of drug-likeness (QED) is 0.153. The smallest absolute Gasteiger partial charge is 0.277 e. The number of benzene rings is 2. The van der Waals surface area contributed by atoms with Crippen LogP contribution in [0.4, 0.5) is 5.69 Å². The number of allylic oxidation sites excluding steroid dienone is 1. The molecule has 0 saturated carbocycles. The molecule has 15 heteroatoms. The lowest BCUT2D eigenvalue weighted by atomic mass is 10.1. The first kappa shape index (κ1) is 28.4. The van der Waals surface area contributed by atoms with Crippen LogP contribution in [0.2, 0.25) is 0 Å². The summed E-state index contributed by atoms with van der Waals surface area (Å²) in [5.74, 6) is 0.412. The van der Waals surface area contributed by atoms with Gasteiger partial charge in [-0.25, -0.2) is 13.4 Å². The first-order valence-corrected chi connectivity index (χ1v) is 14.9. The summed E-state index contributed by atoms with van der Waals surface area (Å²) in [7, 11) is -3.81. The Hall–Kier alpha value is -4.18. The lowest BCUT2D eigenvalue weighted by molar-refractivity contribution is 0.102. The van der Waals surface area contributed by atoms with Crippen molar-refractivity contribution in [3.8, 4) is 5.75 Å². The fourth-order valence-corrected chi connectivity index (χ4v) is 5.61. The van der Waals surface area contributed by atoms with Gasteiger partial charge in [-0.05, 0) is 80.1 Å². The molecule has 3 heterocycles. The van der Waals surface area contributed by atoms with E-state index in [9.17, 15) is 13.2 Å². The van der Waals surface area contributed by atoms with Crippen LogP contribution in [0.15, 0.2) is 87.6 Å². The van der Waals surface area contributed by atoms with Crippen molar-refractivity contribution >= 4 is 33.6 Å². The van der Waals surface area contributed by atoms with Crippen molar-refractivity contribution in [2.24, 2.45) is 0 Å². The summed E-state index contributed by atoms with van der Waals surface area (Å²) in [6.07, 6.45) is 9.46. The van der Waals surface area contributed by atoms with E-state index < -0.39 is 15.9 Å². The number of rotatable bonds is 13. The SMILES string of the molecule is CC1=CNN(NS(=O)(=O)c2ccc(NC(=O)c3coc(COc4ccc(CCCCn5ccnn5)cc4)n3)cc2)S1. The Bertz CT molecular complexity index is 1590. The number of ether oxygens (including phenoxy) is 1. The molecule has 0 radical (unpaired) electrons. The molecule has 0 bridgehead atoms. The Kier molecular flexibility index (Phi) is 8.98. The normalized spacial score (nSPS) is 13.5. The first-order chi connectivity index (χ1) is 19.8. The number of hydrazine groups is 2. The lowest BCUT2D eigenvalue weighted by Crippen LogP contribution is -2.41. The minimum atomic E-state index is -3.81. The molecular weight excluding hydrogens is 568 g/mol. The number of oxazole rings is 1. The van der Waals surface area contributed by atoms with Crippen LogP contribution < -0.4 is 20.3 Å². The van der Waals surface area contributed by atoms with Crippen LogP contribution in [0.5, 0.6) is 5.75 Å². The van der Waals surface area contributed by atoms with Crippen molar-refractivity contribution in [1.82, 2.24) is 34.8 Å². The third-order valence-corrected chi connectivity index (χ3v) is 8.11. The maximum Gasteiger partial charge on any atom is 0.277 e. The Morgan fingerprint density at radius 1 is 1.12 bits per heavy atom. The monoisotopic (exact) mass is 596 g/mol. The molecular formula is C26H28N8O5S2. The van der Waals surface area contributed by atoms with Gasteiger partial charge in [-0.3, -0.25) is 9.48 Å². The van der Waals surface area contributed by atoms with Crippen LogP contribution in [-0.4, -0.2) is 38.8 Å². The van der Waals surface area contributed by atoms with E-state index in [1.807, 2.05) is 42.1 Å². The number of nitrogens with one attached hydrogen (secondary N) is 3. The third kappa shape index (κ3) is 7.94. The predicted molar refractivity (Wildman–Crippen MR) is 151 cm³/mol. The van der Waals surface area contributed by atoms with Crippen LogP contribution in [-0.2, 0) is 29.6 Å². The maximum atomic E-state index is 12.6. The molecule has 1 aliphatic heterocycles. The number of unbranched alkanes of at least 4 members (excludes halogenated alkanes) is 1. The Morgan fingerprint density at radius 3 is 2.63 bits per heavy atom. The summed E-state index contributed by atoms with van der Waals surface area (Å²) >= 11 is 1.21. The van der Waals surface area contributed by atoms with Crippen LogP contribution in [0.1, 0.15) is 41.7 Å². The van der Waals surface area contributed by atoms with E-state index in [-0.39, 0.29) is 23.1 Å². The number of carbonyl (C=O) groups is 1. The fourth-order valence-electron chi connectivity index (χ4n) is 3.80. The van der Waals surface area contributed by atoms with Gasteiger partial charge in [-0.2, -0.15) is 0 Å². The molecule has 1 amide bonds. The van der Waals surface area contributed by atoms with Crippen LogP contribution in [0.3, 0.4) is 0 Å². The van der Waals surface area contributed by atoms with Gasteiger partial charge in [0.25, 0.3) is 15.9 Å². The van der Waals surface area contributed by atoms with Crippen LogP contribution >= 0.6 is 11.9 Å². The van der Waals surface area contributed by atoms with Gasteiger partial charge in [-0.1, -0.05) is 21.9 Å². The van der Waals surface area contributed by atoms with Gasteiger partial charge in [0, 0.05) is 29.5 Å². The molecule has 4 aromatic rings. The van der Waals surface area contributed by atoms with Crippen molar-refractivity contribution in [2.45, 2.75) is 44.2 Å².